The van der Waals surface area contributed by atoms with E-state index in [1.165, 1.54) is 0 Å². The topological polar surface area (TPSA) is 84.1 Å². The van der Waals surface area contributed by atoms with Crippen LogP contribution in [0.3, 0.4) is 0 Å². The fourth-order valence-corrected chi connectivity index (χ4v) is 5.28. The Morgan fingerprint density at radius 2 is 1.88 bits per heavy atom. The highest BCUT2D eigenvalue weighted by Gasteiger charge is 2.48. The lowest BCUT2D eigenvalue weighted by atomic mass is 9.85. The molecular weight excluding hydrogens is 434 g/mol. The monoisotopic (exact) mass is 463 g/mol. The van der Waals surface area contributed by atoms with Gasteiger partial charge < -0.3 is 29.0 Å². The average molecular weight is 464 g/mol. The second-order valence-corrected chi connectivity index (χ2v) is 8.70. The second-order valence-electron chi connectivity index (χ2n) is 8.70. The SMILES string of the molecule is COCCCN1CC(=O)N2[C@H](c3ccc(OC)cc3OC)c3[nH]c4ccccc4c3C[C@H]2C1=O. The Kier molecular flexibility index (Phi) is 5.91. The molecule has 5 rings (SSSR count). The number of methoxy groups -OCH3 is 3. The number of carbonyl (C=O) groups excluding carboxylic acids is 2. The van der Waals surface area contributed by atoms with E-state index < -0.39 is 12.1 Å². The van der Waals surface area contributed by atoms with E-state index >= 15 is 0 Å². The fraction of sp³-hybridized carbons (Fsp3) is 0.385. The summed E-state index contributed by atoms with van der Waals surface area (Å²) in [6.45, 7) is 1.11. The highest BCUT2D eigenvalue weighted by atomic mass is 16.5. The molecule has 2 atom stereocenters. The van der Waals surface area contributed by atoms with Gasteiger partial charge in [0.25, 0.3) is 0 Å². The molecule has 8 heteroatoms. The van der Waals surface area contributed by atoms with Crippen molar-refractivity contribution in [3.63, 3.8) is 0 Å². The number of aromatic nitrogens is 1. The molecule has 3 aromatic rings. The number of nitrogens with one attached hydrogen (secondary N) is 1. The molecule has 2 aromatic carbocycles. The maximum Gasteiger partial charge on any atom is 0.246 e. The van der Waals surface area contributed by atoms with Gasteiger partial charge >= 0.3 is 0 Å². The summed E-state index contributed by atoms with van der Waals surface area (Å²) in [5, 5.41) is 1.08. The number of ether oxygens (including phenoxy) is 3. The minimum absolute atomic E-state index is 0.0240. The van der Waals surface area contributed by atoms with Crippen LogP contribution in [0.15, 0.2) is 42.5 Å². The predicted octanol–water partition coefficient (Wildman–Crippen LogP) is 2.91. The lowest BCUT2D eigenvalue weighted by Crippen LogP contribution is -2.63. The average Bonchev–Trinajstić information content (AvgIpc) is 3.24. The van der Waals surface area contributed by atoms with Crippen molar-refractivity contribution in [2.75, 3.05) is 41.0 Å². The zero-order chi connectivity index (χ0) is 23.8. The van der Waals surface area contributed by atoms with Crippen molar-refractivity contribution in [2.45, 2.75) is 24.9 Å². The number of aromatic amines is 1. The van der Waals surface area contributed by atoms with E-state index in [0.29, 0.717) is 37.5 Å². The first-order valence-electron chi connectivity index (χ1n) is 11.5. The molecule has 3 heterocycles. The first-order valence-corrected chi connectivity index (χ1v) is 11.5. The molecule has 2 aliphatic rings. The molecule has 0 spiro atoms. The van der Waals surface area contributed by atoms with Gasteiger partial charge in [0, 0.05) is 54.9 Å². The van der Waals surface area contributed by atoms with E-state index in [9.17, 15) is 9.59 Å². The molecule has 0 radical (unpaired) electrons. The van der Waals surface area contributed by atoms with Crippen LogP contribution in [-0.2, 0) is 20.7 Å². The van der Waals surface area contributed by atoms with Crippen LogP contribution < -0.4 is 9.47 Å². The predicted molar refractivity (Wildman–Crippen MR) is 127 cm³/mol. The van der Waals surface area contributed by atoms with Gasteiger partial charge in [-0.2, -0.15) is 0 Å². The van der Waals surface area contributed by atoms with Crippen molar-refractivity contribution in [1.82, 2.24) is 14.8 Å². The molecule has 0 aliphatic carbocycles. The number of fused-ring (bicyclic) bond motifs is 4. The van der Waals surface area contributed by atoms with Crippen molar-refractivity contribution < 1.29 is 23.8 Å². The Balaban J connectivity index is 1.65. The van der Waals surface area contributed by atoms with E-state index in [1.54, 1.807) is 31.1 Å². The van der Waals surface area contributed by atoms with Crippen LogP contribution in [0.4, 0.5) is 0 Å². The molecule has 0 bridgehead atoms. The zero-order valence-electron chi connectivity index (χ0n) is 19.7. The van der Waals surface area contributed by atoms with Gasteiger partial charge in [0.15, 0.2) is 0 Å². The quantitative estimate of drug-likeness (QED) is 0.545. The largest absolute Gasteiger partial charge is 0.497 e. The maximum absolute atomic E-state index is 13.6. The summed E-state index contributed by atoms with van der Waals surface area (Å²) in [4.78, 5) is 34.2. The van der Waals surface area contributed by atoms with Crippen LogP contribution in [0.2, 0.25) is 0 Å². The van der Waals surface area contributed by atoms with Crippen LogP contribution in [0.1, 0.15) is 29.3 Å². The summed E-state index contributed by atoms with van der Waals surface area (Å²) < 4.78 is 16.2. The maximum atomic E-state index is 13.6. The molecular formula is C26H29N3O5. The summed E-state index contributed by atoms with van der Waals surface area (Å²) in [5.74, 6) is 1.17. The number of piperazine rings is 1. The highest BCUT2D eigenvalue weighted by Crippen LogP contribution is 2.45. The van der Waals surface area contributed by atoms with Gasteiger partial charge in [-0.15, -0.1) is 0 Å². The summed E-state index contributed by atoms with van der Waals surface area (Å²) in [5.41, 5.74) is 3.80. The van der Waals surface area contributed by atoms with E-state index in [-0.39, 0.29) is 18.4 Å². The lowest BCUT2D eigenvalue weighted by Gasteiger charge is -2.47. The Morgan fingerprint density at radius 1 is 1.06 bits per heavy atom. The Hall–Kier alpha value is -3.52. The Bertz CT molecular complexity index is 1240. The lowest BCUT2D eigenvalue weighted by molar-refractivity contribution is -0.158. The van der Waals surface area contributed by atoms with Crippen molar-refractivity contribution in [3.05, 3.63) is 59.3 Å². The smallest absolute Gasteiger partial charge is 0.246 e. The van der Waals surface area contributed by atoms with Gasteiger partial charge in [-0.05, 0) is 30.2 Å². The van der Waals surface area contributed by atoms with Crippen molar-refractivity contribution >= 4 is 22.7 Å². The third-order valence-corrected chi connectivity index (χ3v) is 6.85. The number of nitrogens with zero attached hydrogens (tertiary/aromatic N) is 2. The summed E-state index contributed by atoms with van der Waals surface area (Å²) in [6, 6.07) is 12.6. The van der Waals surface area contributed by atoms with E-state index in [0.717, 1.165) is 27.7 Å². The molecule has 8 nitrogen and oxygen atoms in total. The normalized spacial score (nSPS) is 19.9. The number of carbonyl (C=O) groups is 2. The molecule has 1 fully saturated rings. The van der Waals surface area contributed by atoms with Crippen molar-refractivity contribution in [2.24, 2.45) is 0 Å². The molecule has 2 aliphatic heterocycles. The zero-order valence-corrected chi connectivity index (χ0v) is 19.7. The number of rotatable bonds is 7. The fourth-order valence-electron chi connectivity index (χ4n) is 5.28. The third kappa shape index (κ3) is 3.58. The third-order valence-electron chi connectivity index (χ3n) is 6.85. The van der Waals surface area contributed by atoms with E-state index in [2.05, 4.69) is 11.1 Å². The van der Waals surface area contributed by atoms with E-state index in [1.807, 2.05) is 36.4 Å². The Labute approximate surface area is 198 Å². The molecule has 1 saturated heterocycles. The van der Waals surface area contributed by atoms with Crippen molar-refractivity contribution in [3.8, 4) is 11.5 Å². The van der Waals surface area contributed by atoms with Crippen LogP contribution in [0.25, 0.3) is 10.9 Å². The minimum Gasteiger partial charge on any atom is -0.497 e. The van der Waals surface area contributed by atoms with Crippen LogP contribution >= 0.6 is 0 Å². The van der Waals surface area contributed by atoms with Gasteiger partial charge in [-0.25, -0.2) is 0 Å². The molecule has 0 saturated carbocycles. The van der Waals surface area contributed by atoms with Crippen LogP contribution in [0, 0.1) is 0 Å². The van der Waals surface area contributed by atoms with Crippen molar-refractivity contribution in [1.29, 1.82) is 0 Å². The standard InChI is InChI=1S/C26H29N3O5/c1-32-12-6-11-28-15-23(30)29-21(26(28)31)14-19-17-7-4-5-8-20(17)27-24(19)25(29)18-10-9-16(33-2)13-22(18)34-3/h4-5,7-10,13,21,25,27H,6,11-12,14-15H2,1-3H3/t21-,25+/m0/s1. The number of amides is 2. The summed E-state index contributed by atoms with van der Waals surface area (Å²) in [7, 11) is 4.84. The van der Waals surface area contributed by atoms with Crippen LogP contribution in [-0.4, -0.2) is 73.7 Å². The summed E-state index contributed by atoms with van der Waals surface area (Å²) in [6.07, 6.45) is 1.16. The van der Waals surface area contributed by atoms with Gasteiger partial charge in [-0.1, -0.05) is 18.2 Å². The van der Waals surface area contributed by atoms with E-state index in [4.69, 9.17) is 14.2 Å². The van der Waals surface area contributed by atoms with Crippen LogP contribution in [0.5, 0.6) is 11.5 Å². The first kappa shape index (κ1) is 22.3. The Morgan fingerprint density at radius 3 is 2.65 bits per heavy atom. The second kappa shape index (κ2) is 9.02. The number of H-pyrrole nitrogens is 1. The molecule has 34 heavy (non-hydrogen) atoms. The summed E-state index contributed by atoms with van der Waals surface area (Å²) >= 11 is 0. The number of hydrogen-bond acceptors (Lipinski definition) is 5. The van der Waals surface area contributed by atoms with Gasteiger partial charge in [0.2, 0.25) is 11.8 Å². The molecule has 178 valence electrons. The van der Waals surface area contributed by atoms with Gasteiger partial charge in [-0.3, -0.25) is 9.59 Å². The first-order chi connectivity index (χ1) is 16.6. The highest BCUT2D eigenvalue weighted by molar-refractivity contribution is 5.97. The van der Waals surface area contributed by atoms with Gasteiger partial charge in [0.05, 0.1) is 20.8 Å². The number of para-hydroxylation sites is 1. The molecule has 0 unspecified atom stereocenters. The van der Waals surface area contributed by atoms with Gasteiger partial charge in [0.1, 0.15) is 23.6 Å². The number of hydrogen-bond donors (Lipinski definition) is 1. The molecule has 2 amide bonds. The molecule has 1 N–H and O–H groups in total. The molecule has 1 aromatic heterocycles. The number of benzene rings is 2. The minimum atomic E-state index is -0.577.